The van der Waals surface area contributed by atoms with Gasteiger partial charge in [-0.2, -0.15) is 0 Å². The summed E-state index contributed by atoms with van der Waals surface area (Å²) in [6.07, 6.45) is 6.29. The predicted molar refractivity (Wildman–Crippen MR) is 71.0 cm³/mol. The van der Waals surface area contributed by atoms with Crippen LogP contribution in [0, 0.1) is 0 Å². The lowest BCUT2D eigenvalue weighted by Gasteiger charge is -2.34. The Labute approximate surface area is 106 Å². The first-order valence-corrected chi connectivity index (χ1v) is 8.15. The lowest BCUT2D eigenvalue weighted by molar-refractivity contribution is -0.00358. The monoisotopic (exact) mass is 262 g/mol. The number of sulfone groups is 1. The topological polar surface area (TPSA) is 43.4 Å². The van der Waals surface area contributed by atoms with Crippen LogP contribution < -0.4 is 0 Å². The Balaban J connectivity index is 2.88. The number of rotatable bonds is 3. The first-order valence-electron chi connectivity index (χ1n) is 6.50. The van der Waals surface area contributed by atoms with E-state index in [0.29, 0.717) is 0 Å². The average molecular weight is 262 g/mol. The van der Waals surface area contributed by atoms with Crippen molar-refractivity contribution in [3.05, 3.63) is 0 Å². The lowest BCUT2D eigenvalue weighted by atomic mass is 9.97. The summed E-state index contributed by atoms with van der Waals surface area (Å²) in [5, 5.41) is 0. The average Bonchev–Trinajstić information content (AvgIpc) is 2.42. The second-order valence-corrected chi connectivity index (χ2v) is 8.92. The van der Waals surface area contributed by atoms with E-state index in [4.69, 9.17) is 4.74 Å². The molecule has 0 amide bonds. The van der Waals surface area contributed by atoms with Gasteiger partial charge in [0, 0.05) is 7.11 Å². The fourth-order valence-electron chi connectivity index (χ4n) is 2.34. The van der Waals surface area contributed by atoms with Crippen LogP contribution in [0.25, 0.3) is 0 Å². The third-order valence-corrected chi connectivity index (χ3v) is 6.61. The summed E-state index contributed by atoms with van der Waals surface area (Å²) in [5.41, 5.74) is -0.442. The highest BCUT2D eigenvalue weighted by Gasteiger charge is 2.40. The molecule has 0 aromatic rings. The van der Waals surface area contributed by atoms with Crippen LogP contribution >= 0.6 is 0 Å². The first kappa shape index (κ1) is 15.0. The molecule has 0 unspecified atom stereocenters. The third kappa shape index (κ3) is 3.68. The van der Waals surface area contributed by atoms with Gasteiger partial charge in [0.05, 0.1) is 16.1 Å². The minimum absolute atomic E-state index is 0.167. The van der Waals surface area contributed by atoms with Crippen LogP contribution in [0.4, 0.5) is 0 Å². The quantitative estimate of drug-likeness (QED) is 0.734. The Morgan fingerprint density at radius 1 is 1.06 bits per heavy atom. The smallest absolute Gasteiger partial charge is 0.158 e. The van der Waals surface area contributed by atoms with E-state index < -0.39 is 20.2 Å². The normalized spacial score (nSPS) is 22.1. The van der Waals surface area contributed by atoms with Gasteiger partial charge in [0.1, 0.15) is 0 Å². The molecule has 0 aliphatic heterocycles. The Morgan fingerprint density at radius 3 is 1.88 bits per heavy atom. The molecule has 17 heavy (non-hydrogen) atoms. The Kier molecular flexibility index (Phi) is 4.64. The molecule has 0 atom stereocenters. The van der Waals surface area contributed by atoms with Gasteiger partial charge in [0.15, 0.2) is 9.84 Å². The van der Waals surface area contributed by atoms with Crippen molar-refractivity contribution in [3.63, 3.8) is 0 Å². The zero-order valence-electron chi connectivity index (χ0n) is 11.6. The second-order valence-electron chi connectivity index (χ2n) is 6.17. The number of hydrogen-bond donors (Lipinski definition) is 0. The summed E-state index contributed by atoms with van der Waals surface area (Å²) in [4.78, 5) is 0. The van der Waals surface area contributed by atoms with Crippen LogP contribution in [0.1, 0.15) is 59.3 Å². The van der Waals surface area contributed by atoms with Gasteiger partial charge in [-0.1, -0.05) is 25.7 Å². The molecule has 0 saturated heterocycles. The second kappa shape index (κ2) is 5.27. The molecule has 1 aliphatic rings. The standard InChI is InChI=1S/C13H26O3S/c1-12(2,3)17(14,15)11-13(16-4)9-7-5-6-8-10-13/h5-11H2,1-4H3. The highest BCUT2D eigenvalue weighted by atomic mass is 32.2. The number of methoxy groups -OCH3 is 1. The number of hydrogen-bond acceptors (Lipinski definition) is 3. The van der Waals surface area contributed by atoms with Crippen molar-refractivity contribution in [1.29, 1.82) is 0 Å². The van der Waals surface area contributed by atoms with Gasteiger partial charge in [-0.25, -0.2) is 8.42 Å². The molecule has 1 saturated carbocycles. The Bertz CT molecular complexity index is 330. The van der Waals surface area contributed by atoms with E-state index in [0.717, 1.165) is 25.7 Å². The van der Waals surface area contributed by atoms with Crippen molar-refractivity contribution in [3.8, 4) is 0 Å². The molecule has 0 radical (unpaired) electrons. The van der Waals surface area contributed by atoms with Crippen molar-refractivity contribution in [2.24, 2.45) is 0 Å². The molecule has 0 aromatic heterocycles. The van der Waals surface area contributed by atoms with Crippen LogP contribution in [-0.2, 0) is 14.6 Å². The van der Waals surface area contributed by atoms with Gasteiger partial charge in [-0.15, -0.1) is 0 Å². The molecule has 0 bridgehead atoms. The summed E-state index contributed by atoms with van der Waals surface area (Å²) in [7, 11) is -1.45. The fraction of sp³-hybridized carbons (Fsp3) is 1.00. The zero-order chi connectivity index (χ0) is 13.2. The van der Waals surface area contributed by atoms with E-state index in [1.807, 2.05) is 0 Å². The van der Waals surface area contributed by atoms with Crippen molar-refractivity contribution in [1.82, 2.24) is 0 Å². The van der Waals surface area contributed by atoms with Gasteiger partial charge >= 0.3 is 0 Å². The van der Waals surface area contributed by atoms with Gasteiger partial charge in [0.25, 0.3) is 0 Å². The highest BCUT2D eigenvalue weighted by Crippen LogP contribution is 2.33. The molecule has 0 N–H and O–H groups in total. The summed E-state index contributed by atoms with van der Waals surface area (Å²) >= 11 is 0. The molecule has 1 rings (SSSR count). The minimum atomic E-state index is -3.11. The van der Waals surface area contributed by atoms with E-state index >= 15 is 0 Å². The summed E-state index contributed by atoms with van der Waals surface area (Å²) in [6, 6.07) is 0. The molecule has 4 heteroatoms. The van der Waals surface area contributed by atoms with E-state index in [1.165, 1.54) is 12.8 Å². The van der Waals surface area contributed by atoms with Crippen LogP contribution in [-0.4, -0.2) is 31.6 Å². The van der Waals surface area contributed by atoms with Gasteiger partial charge in [-0.05, 0) is 33.6 Å². The molecule has 3 nitrogen and oxygen atoms in total. The minimum Gasteiger partial charge on any atom is -0.377 e. The maximum absolute atomic E-state index is 12.3. The lowest BCUT2D eigenvalue weighted by Crippen LogP contribution is -2.44. The summed E-state index contributed by atoms with van der Waals surface area (Å²) in [5.74, 6) is 0.167. The van der Waals surface area contributed by atoms with Crippen molar-refractivity contribution < 1.29 is 13.2 Å². The van der Waals surface area contributed by atoms with Gasteiger partial charge in [-0.3, -0.25) is 0 Å². The van der Waals surface area contributed by atoms with E-state index in [1.54, 1.807) is 27.9 Å². The van der Waals surface area contributed by atoms with Crippen molar-refractivity contribution >= 4 is 9.84 Å². The van der Waals surface area contributed by atoms with Gasteiger partial charge < -0.3 is 4.74 Å². The summed E-state index contributed by atoms with van der Waals surface area (Å²) in [6.45, 7) is 5.30. The highest BCUT2D eigenvalue weighted by molar-refractivity contribution is 7.92. The molecule has 1 aliphatic carbocycles. The maximum atomic E-state index is 12.3. The van der Waals surface area contributed by atoms with Gasteiger partial charge in [0.2, 0.25) is 0 Å². The van der Waals surface area contributed by atoms with Crippen LogP contribution in [0.5, 0.6) is 0 Å². The number of ether oxygens (including phenoxy) is 1. The SMILES string of the molecule is COC1(CS(=O)(=O)C(C)(C)C)CCCCCC1. The van der Waals surface area contributed by atoms with E-state index in [-0.39, 0.29) is 5.75 Å². The molecule has 0 heterocycles. The molecular weight excluding hydrogens is 236 g/mol. The van der Waals surface area contributed by atoms with E-state index in [9.17, 15) is 8.42 Å². The molecule has 1 fully saturated rings. The maximum Gasteiger partial charge on any atom is 0.158 e. The Morgan fingerprint density at radius 2 is 1.53 bits per heavy atom. The first-order chi connectivity index (χ1) is 7.72. The zero-order valence-corrected chi connectivity index (χ0v) is 12.4. The van der Waals surface area contributed by atoms with Crippen LogP contribution in [0.3, 0.4) is 0 Å². The van der Waals surface area contributed by atoms with Crippen LogP contribution in [0.15, 0.2) is 0 Å². The summed E-state index contributed by atoms with van der Waals surface area (Å²) < 4.78 is 29.6. The predicted octanol–water partition coefficient (Wildman–Crippen LogP) is 2.94. The third-order valence-electron chi connectivity index (χ3n) is 3.83. The van der Waals surface area contributed by atoms with Crippen molar-refractivity contribution in [2.45, 2.75) is 69.6 Å². The van der Waals surface area contributed by atoms with Crippen molar-refractivity contribution in [2.75, 3.05) is 12.9 Å². The largest absolute Gasteiger partial charge is 0.377 e. The molecule has 102 valence electrons. The van der Waals surface area contributed by atoms with E-state index in [2.05, 4.69) is 0 Å². The Hall–Kier alpha value is -0.0900. The molecular formula is C13H26O3S. The fourth-order valence-corrected chi connectivity index (χ4v) is 3.88. The molecule has 0 spiro atoms. The molecule has 0 aromatic carbocycles. The van der Waals surface area contributed by atoms with Crippen LogP contribution in [0.2, 0.25) is 0 Å².